The van der Waals surface area contributed by atoms with Crippen molar-refractivity contribution in [2.75, 3.05) is 19.6 Å². The fourth-order valence-corrected chi connectivity index (χ4v) is 2.88. The summed E-state index contributed by atoms with van der Waals surface area (Å²) in [4.78, 5) is 6.92. The largest absolute Gasteiger partial charge is 0.339 e. The van der Waals surface area contributed by atoms with E-state index < -0.39 is 0 Å². The van der Waals surface area contributed by atoms with Gasteiger partial charge in [0, 0.05) is 12.5 Å². The van der Waals surface area contributed by atoms with Crippen LogP contribution in [0.3, 0.4) is 0 Å². The molecule has 2 heterocycles. The van der Waals surface area contributed by atoms with Crippen molar-refractivity contribution in [3.8, 4) is 0 Å². The molecule has 0 radical (unpaired) electrons. The molecule has 5 heteroatoms. The van der Waals surface area contributed by atoms with Crippen LogP contribution in [0.25, 0.3) is 0 Å². The van der Waals surface area contributed by atoms with Crippen LogP contribution in [0.5, 0.6) is 0 Å². The number of hydrogen-bond acceptors (Lipinski definition) is 5. The molecule has 1 aromatic rings. The first kappa shape index (κ1) is 13.1. The van der Waals surface area contributed by atoms with Gasteiger partial charge in [0.1, 0.15) is 0 Å². The molecule has 1 aliphatic heterocycles. The molecule has 19 heavy (non-hydrogen) atoms. The van der Waals surface area contributed by atoms with Crippen LogP contribution in [0.1, 0.15) is 62.7 Å². The molecule has 1 aliphatic carbocycles. The maximum Gasteiger partial charge on any atom is 0.229 e. The van der Waals surface area contributed by atoms with Crippen LogP contribution in [-0.4, -0.2) is 34.7 Å². The molecule has 106 valence electrons. The van der Waals surface area contributed by atoms with Gasteiger partial charge in [-0.2, -0.15) is 4.98 Å². The Morgan fingerprint density at radius 2 is 2.05 bits per heavy atom. The molecular formula is C14H24N4O. The smallest absolute Gasteiger partial charge is 0.229 e. The lowest BCUT2D eigenvalue weighted by Crippen LogP contribution is -2.36. The van der Waals surface area contributed by atoms with Gasteiger partial charge in [-0.1, -0.05) is 18.5 Å². The van der Waals surface area contributed by atoms with Crippen molar-refractivity contribution in [2.45, 2.75) is 51.0 Å². The molecule has 0 amide bonds. The first-order valence-corrected chi connectivity index (χ1v) is 7.55. The van der Waals surface area contributed by atoms with Crippen molar-refractivity contribution in [1.82, 2.24) is 15.0 Å². The van der Waals surface area contributed by atoms with E-state index in [1.165, 1.54) is 32.1 Å². The number of nitrogens with zero attached hydrogens (tertiary/aromatic N) is 3. The zero-order chi connectivity index (χ0) is 13.2. The Kier molecular flexibility index (Phi) is 3.84. The van der Waals surface area contributed by atoms with Crippen LogP contribution in [0, 0.1) is 5.92 Å². The number of likely N-dealkylation sites (tertiary alicyclic amines) is 1. The molecule has 0 spiro atoms. The second-order valence-electron chi connectivity index (χ2n) is 6.08. The Morgan fingerprint density at radius 3 is 2.74 bits per heavy atom. The Bertz CT molecular complexity index is 409. The summed E-state index contributed by atoms with van der Waals surface area (Å²) in [5.74, 6) is 2.58. The molecule has 2 N–H and O–H groups in total. The quantitative estimate of drug-likeness (QED) is 0.881. The first-order chi connectivity index (χ1) is 9.24. The molecule has 3 rings (SSSR count). The van der Waals surface area contributed by atoms with E-state index in [0.717, 1.165) is 31.4 Å². The SMILES string of the molecule is CC(c1nc(C(N)CN2CCCCC2)no1)C1CC1. The summed E-state index contributed by atoms with van der Waals surface area (Å²) in [6.45, 7) is 5.32. The normalized spacial score (nSPS) is 24.3. The Morgan fingerprint density at radius 1 is 1.32 bits per heavy atom. The number of aromatic nitrogens is 2. The van der Waals surface area contributed by atoms with Gasteiger partial charge in [0.2, 0.25) is 5.89 Å². The second kappa shape index (κ2) is 5.59. The minimum atomic E-state index is -0.123. The van der Waals surface area contributed by atoms with Gasteiger partial charge >= 0.3 is 0 Å². The number of piperidine rings is 1. The van der Waals surface area contributed by atoms with Gasteiger partial charge in [-0.3, -0.25) is 0 Å². The van der Waals surface area contributed by atoms with Crippen LogP contribution in [-0.2, 0) is 0 Å². The summed E-state index contributed by atoms with van der Waals surface area (Å²) in [5, 5.41) is 4.08. The van der Waals surface area contributed by atoms with Gasteiger partial charge < -0.3 is 15.2 Å². The standard InChI is InChI=1S/C14H24N4O/c1-10(11-5-6-11)14-16-13(17-19-14)12(15)9-18-7-3-2-4-8-18/h10-12H,2-9,15H2,1H3. The van der Waals surface area contributed by atoms with Gasteiger partial charge in [-0.25, -0.2) is 0 Å². The highest BCUT2D eigenvalue weighted by Gasteiger charge is 2.33. The molecule has 2 aliphatic rings. The Hall–Kier alpha value is -0.940. The molecule has 2 fully saturated rings. The molecular weight excluding hydrogens is 240 g/mol. The lowest BCUT2D eigenvalue weighted by molar-refractivity contribution is 0.213. The van der Waals surface area contributed by atoms with Gasteiger partial charge in [0.25, 0.3) is 0 Å². The van der Waals surface area contributed by atoms with Crippen LogP contribution < -0.4 is 5.73 Å². The molecule has 0 aromatic carbocycles. The zero-order valence-electron chi connectivity index (χ0n) is 11.7. The van der Waals surface area contributed by atoms with E-state index in [1.54, 1.807) is 0 Å². The number of nitrogens with two attached hydrogens (primary N) is 1. The summed E-state index contributed by atoms with van der Waals surface area (Å²) in [5.41, 5.74) is 6.20. The summed E-state index contributed by atoms with van der Waals surface area (Å²) >= 11 is 0. The van der Waals surface area contributed by atoms with Crippen molar-refractivity contribution in [3.63, 3.8) is 0 Å². The van der Waals surface area contributed by atoms with E-state index in [1.807, 2.05) is 0 Å². The maximum atomic E-state index is 6.20. The predicted molar refractivity (Wildman–Crippen MR) is 72.7 cm³/mol. The minimum Gasteiger partial charge on any atom is -0.339 e. The van der Waals surface area contributed by atoms with E-state index in [2.05, 4.69) is 22.0 Å². The molecule has 0 bridgehead atoms. The highest BCUT2D eigenvalue weighted by atomic mass is 16.5. The number of rotatable bonds is 5. The first-order valence-electron chi connectivity index (χ1n) is 7.55. The zero-order valence-corrected chi connectivity index (χ0v) is 11.7. The summed E-state index contributed by atoms with van der Waals surface area (Å²) < 4.78 is 5.38. The predicted octanol–water partition coefficient (Wildman–Crippen LogP) is 2.07. The van der Waals surface area contributed by atoms with Crippen molar-refractivity contribution in [3.05, 3.63) is 11.7 Å². The van der Waals surface area contributed by atoms with Crippen molar-refractivity contribution in [2.24, 2.45) is 11.7 Å². The van der Waals surface area contributed by atoms with Crippen LogP contribution in [0.2, 0.25) is 0 Å². The van der Waals surface area contributed by atoms with E-state index in [0.29, 0.717) is 11.7 Å². The van der Waals surface area contributed by atoms with Crippen LogP contribution in [0.15, 0.2) is 4.52 Å². The third kappa shape index (κ3) is 3.15. The molecule has 1 saturated carbocycles. The van der Waals surface area contributed by atoms with Crippen molar-refractivity contribution >= 4 is 0 Å². The fourth-order valence-electron chi connectivity index (χ4n) is 2.88. The van der Waals surface area contributed by atoms with Gasteiger partial charge in [-0.15, -0.1) is 0 Å². The highest BCUT2D eigenvalue weighted by Crippen LogP contribution is 2.41. The Labute approximate surface area is 114 Å². The molecule has 5 nitrogen and oxygen atoms in total. The van der Waals surface area contributed by atoms with E-state index in [9.17, 15) is 0 Å². The average Bonchev–Trinajstić information content (AvgIpc) is 3.16. The maximum absolute atomic E-state index is 6.20. The minimum absolute atomic E-state index is 0.123. The number of hydrogen-bond donors (Lipinski definition) is 1. The monoisotopic (exact) mass is 264 g/mol. The molecule has 1 aromatic heterocycles. The lowest BCUT2D eigenvalue weighted by Gasteiger charge is -2.27. The summed E-state index contributed by atoms with van der Waals surface area (Å²) in [7, 11) is 0. The van der Waals surface area contributed by atoms with Gasteiger partial charge in [0.15, 0.2) is 5.82 Å². The van der Waals surface area contributed by atoms with E-state index in [-0.39, 0.29) is 6.04 Å². The second-order valence-corrected chi connectivity index (χ2v) is 6.08. The lowest BCUT2D eigenvalue weighted by atomic mass is 10.1. The molecule has 2 unspecified atom stereocenters. The Balaban J connectivity index is 1.58. The average molecular weight is 264 g/mol. The van der Waals surface area contributed by atoms with Crippen LogP contribution >= 0.6 is 0 Å². The van der Waals surface area contributed by atoms with Crippen LogP contribution in [0.4, 0.5) is 0 Å². The molecule has 2 atom stereocenters. The van der Waals surface area contributed by atoms with E-state index >= 15 is 0 Å². The van der Waals surface area contributed by atoms with Gasteiger partial charge in [-0.05, 0) is 44.7 Å². The third-order valence-electron chi connectivity index (χ3n) is 4.41. The summed E-state index contributed by atoms with van der Waals surface area (Å²) in [6.07, 6.45) is 6.49. The van der Waals surface area contributed by atoms with Crippen molar-refractivity contribution < 1.29 is 4.52 Å². The summed E-state index contributed by atoms with van der Waals surface area (Å²) in [6, 6.07) is -0.123. The van der Waals surface area contributed by atoms with Crippen molar-refractivity contribution in [1.29, 1.82) is 0 Å². The third-order valence-corrected chi connectivity index (χ3v) is 4.41. The van der Waals surface area contributed by atoms with E-state index in [4.69, 9.17) is 10.3 Å². The topological polar surface area (TPSA) is 68.2 Å². The highest BCUT2D eigenvalue weighted by molar-refractivity contribution is 5.01. The fraction of sp³-hybridized carbons (Fsp3) is 0.857. The molecule has 1 saturated heterocycles. The van der Waals surface area contributed by atoms with Gasteiger partial charge in [0.05, 0.1) is 6.04 Å².